The number of fused-ring (bicyclic) bond motifs is 6. The minimum Gasteiger partial charge on any atom is -0.490 e. The topological polar surface area (TPSA) is 40.2 Å². The van der Waals surface area contributed by atoms with Gasteiger partial charge in [-0.15, -0.1) is 0 Å². The molecule has 0 N–H and O–H groups in total. The van der Waals surface area contributed by atoms with Gasteiger partial charge in [-0.3, -0.25) is 4.90 Å². The van der Waals surface area contributed by atoms with E-state index in [-0.39, 0.29) is 0 Å². The molecule has 0 fully saturated rings. The third kappa shape index (κ3) is 4.38. The number of rotatable bonds is 10. The van der Waals surface area contributed by atoms with Crippen LogP contribution in [0.5, 0.6) is 23.0 Å². The summed E-state index contributed by atoms with van der Waals surface area (Å²) in [6.07, 6.45) is 2.17. The monoisotopic (exact) mass is 465 g/mol. The van der Waals surface area contributed by atoms with Gasteiger partial charge in [0.25, 0.3) is 0 Å². The van der Waals surface area contributed by atoms with Crippen LogP contribution in [0.15, 0.2) is 24.3 Å². The van der Waals surface area contributed by atoms with Gasteiger partial charge in [0.1, 0.15) is 0 Å². The predicted octanol–water partition coefficient (Wildman–Crippen LogP) is 6.74. The highest BCUT2D eigenvalue weighted by Gasteiger charge is 2.29. The summed E-state index contributed by atoms with van der Waals surface area (Å²) in [5, 5.41) is 4.87. The van der Waals surface area contributed by atoms with Crippen molar-refractivity contribution in [3.63, 3.8) is 0 Å². The van der Waals surface area contributed by atoms with Crippen LogP contribution in [0.25, 0.3) is 21.5 Å². The Morgan fingerprint density at radius 1 is 0.618 bits per heavy atom. The number of hydrogen-bond donors (Lipinski definition) is 0. The Morgan fingerprint density at radius 3 is 1.41 bits per heavy atom. The Hall–Kier alpha value is -2.66. The van der Waals surface area contributed by atoms with Crippen molar-refractivity contribution in [3.8, 4) is 23.0 Å². The molecule has 1 aliphatic heterocycles. The minimum absolute atomic E-state index is 0.536. The van der Waals surface area contributed by atoms with Gasteiger partial charge in [0.05, 0.1) is 26.4 Å². The summed E-state index contributed by atoms with van der Waals surface area (Å²) >= 11 is 0. The fourth-order valence-corrected chi connectivity index (χ4v) is 5.35. The highest BCUT2D eigenvalue weighted by molar-refractivity contribution is 6.12. The number of hydrogen-bond acceptors (Lipinski definition) is 5. The Kier molecular flexibility index (Phi) is 7.72. The third-order valence-electron chi connectivity index (χ3n) is 6.87. The van der Waals surface area contributed by atoms with E-state index in [0.29, 0.717) is 32.5 Å². The van der Waals surface area contributed by atoms with Gasteiger partial charge < -0.3 is 18.9 Å². The molecule has 34 heavy (non-hydrogen) atoms. The zero-order valence-corrected chi connectivity index (χ0v) is 21.6. The van der Waals surface area contributed by atoms with Crippen molar-refractivity contribution >= 4 is 21.5 Å². The van der Waals surface area contributed by atoms with Crippen molar-refractivity contribution in [3.05, 3.63) is 35.4 Å². The lowest BCUT2D eigenvalue weighted by atomic mass is 9.84. The SMILES string of the molecule is CCOc1cc2c3c(c4cc(OCC)c(OCC)cc4c2cc1OCC)CN(CC)C(CC)C3. The molecule has 4 rings (SSSR count). The first-order valence-electron chi connectivity index (χ1n) is 12.9. The first kappa shape index (κ1) is 24.5. The van der Waals surface area contributed by atoms with E-state index in [4.69, 9.17) is 18.9 Å². The van der Waals surface area contributed by atoms with Gasteiger partial charge in [0, 0.05) is 12.6 Å². The molecule has 0 saturated carbocycles. The highest BCUT2D eigenvalue weighted by atomic mass is 16.5. The van der Waals surface area contributed by atoms with Gasteiger partial charge in [-0.25, -0.2) is 0 Å². The summed E-state index contributed by atoms with van der Waals surface area (Å²) in [5.41, 5.74) is 2.82. The lowest BCUT2D eigenvalue weighted by molar-refractivity contribution is 0.178. The number of benzene rings is 3. The molecule has 5 heteroatoms. The summed E-state index contributed by atoms with van der Waals surface area (Å²) in [4.78, 5) is 2.60. The molecule has 1 heterocycles. The van der Waals surface area contributed by atoms with E-state index in [1.807, 2.05) is 27.7 Å². The summed E-state index contributed by atoms with van der Waals surface area (Å²) in [5.74, 6) is 3.22. The predicted molar refractivity (Wildman–Crippen MR) is 140 cm³/mol. The molecular weight excluding hydrogens is 426 g/mol. The molecule has 1 aliphatic rings. The van der Waals surface area contributed by atoms with Crippen molar-refractivity contribution in [2.45, 2.75) is 67.0 Å². The van der Waals surface area contributed by atoms with Crippen LogP contribution in [0.1, 0.15) is 59.1 Å². The van der Waals surface area contributed by atoms with E-state index in [0.717, 1.165) is 48.9 Å². The van der Waals surface area contributed by atoms with Gasteiger partial charge in [0.15, 0.2) is 23.0 Å². The van der Waals surface area contributed by atoms with Crippen LogP contribution in [-0.4, -0.2) is 43.9 Å². The molecular formula is C29H39NO4. The zero-order valence-electron chi connectivity index (χ0n) is 21.6. The molecule has 0 aromatic heterocycles. The average molecular weight is 466 g/mol. The van der Waals surface area contributed by atoms with Crippen molar-refractivity contribution in [1.82, 2.24) is 4.90 Å². The lowest BCUT2D eigenvalue weighted by Gasteiger charge is -2.37. The standard InChI is InChI=1S/C29H39NO4/c1-7-19-13-20-21-14-26(31-9-3)27(32-10-4)15-22(21)23-16-28(33-11-5)29(34-12-6)17-24(23)25(20)18-30(19)8-2/h14-17,19H,7-13,18H2,1-6H3. The van der Waals surface area contributed by atoms with E-state index in [1.54, 1.807) is 0 Å². The Morgan fingerprint density at radius 2 is 1.03 bits per heavy atom. The van der Waals surface area contributed by atoms with E-state index in [1.165, 1.54) is 32.7 Å². The molecule has 5 nitrogen and oxygen atoms in total. The van der Waals surface area contributed by atoms with Gasteiger partial charge in [-0.2, -0.15) is 0 Å². The summed E-state index contributed by atoms with van der Waals surface area (Å²) in [6, 6.07) is 9.25. The zero-order chi connectivity index (χ0) is 24.2. The van der Waals surface area contributed by atoms with Crippen molar-refractivity contribution < 1.29 is 18.9 Å². The fourth-order valence-electron chi connectivity index (χ4n) is 5.35. The molecule has 3 aromatic carbocycles. The Labute approximate surface area is 203 Å². The molecule has 0 amide bonds. The number of nitrogens with zero attached hydrogens (tertiary/aromatic N) is 1. The van der Waals surface area contributed by atoms with Crippen LogP contribution in [-0.2, 0) is 13.0 Å². The van der Waals surface area contributed by atoms with Crippen LogP contribution >= 0.6 is 0 Å². The summed E-state index contributed by atoms with van der Waals surface area (Å²) in [7, 11) is 0. The first-order valence-corrected chi connectivity index (χ1v) is 12.9. The maximum atomic E-state index is 6.03. The molecule has 1 atom stereocenters. The van der Waals surface area contributed by atoms with Gasteiger partial charge in [-0.05, 0) is 104 Å². The molecule has 0 saturated heterocycles. The van der Waals surface area contributed by atoms with Crippen molar-refractivity contribution in [1.29, 1.82) is 0 Å². The maximum Gasteiger partial charge on any atom is 0.161 e. The maximum absolute atomic E-state index is 6.03. The van der Waals surface area contributed by atoms with Crippen LogP contribution in [0.2, 0.25) is 0 Å². The normalized spacial score (nSPS) is 16.0. The molecule has 0 radical (unpaired) electrons. The van der Waals surface area contributed by atoms with Crippen LogP contribution in [0.3, 0.4) is 0 Å². The third-order valence-corrected chi connectivity index (χ3v) is 6.87. The molecule has 0 aliphatic carbocycles. The fraction of sp³-hybridized carbons (Fsp3) is 0.517. The second-order valence-corrected chi connectivity index (χ2v) is 8.71. The second-order valence-electron chi connectivity index (χ2n) is 8.71. The Balaban J connectivity index is 2.10. The smallest absolute Gasteiger partial charge is 0.161 e. The van der Waals surface area contributed by atoms with Crippen molar-refractivity contribution in [2.75, 3.05) is 33.0 Å². The minimum atomic E-state index is 0.536. The van der Waals surface area contributed by atoms with E-state index in [2.05, 4.69) is 43.0 Å². The number of ether oxygens (including phenoxy) is 4. The molecule has 0 bridgehead atoms. The van der Waals surface area contributed by atoms with Crippen LogP contribution in [0, 0.1) is 0 Å². The summed E-state index contributed by atoms with van der Waals surface area (Å²) < 4.78 is 24.1. The van der Waals surface area contributed by atoms with Gasteiger partial charge in [-0.1, -0.05) is 13.8 Å². The van der Waals surface area contributed by atoms with E-state index < -0.39 is 0 Å². The van der Waals surface area contributed by atoms with E-state index >= 15 is 0 Å². The highest BCUT2D eigenvalue weighted by Crippen LogP contribution is 2.45. The number of likely N-dealkylation sites (N-methyl/N-ethyl adjacent to an activating group) is 1. The molecule has 1 unspecified atom stereocenters. The van der Waals surface area contributed by atoms with Crippen LogP contribution < -0.4 is 18.9 Å². The first-order chi connectivity index (χ1) is 16.6. The molecule has 0 spiro atoms. The quantitative estimate of drug-likeness (QED) is 0.310. The van der Waals surface area contributed by atoms with E-state index in [9.17, 15) is 0 Å². The van der Waals surface area contributed by atoms with Gasteiger partial charge >= 0.3 is 0 Å². The summed E-state index contributed by atoms with van der Waals surface area (Å²) in [6.45, 7) is 17.0. The van der Waals surface area contributed by atoms with Gasteiger partial charge in [0.2, 0.25) is 0 Å². The average Bonchev–Trinajstić information content (AvgIpc) is 2.85. The molecule has 184 valence electrons. The van der Waals surface area contributed by atoms with Crippen molar-refractivity contribution in [2.24, 2.45) is 0 Å². The largest absolute Gasteiger partial charge is 0.490 e. The second kappa shape index (κ2) is 10.7. The molecule has 3 aromatic rings. The lowest BCUT2D eigenvalue weighted by Crippen LogP contribution is -2.39. The Bertz CT molecular complexity index is 1070. The van der Waals surface area contributed by atoms with Crippen LogP contribution in [0.4, 0.5) is 0 Å².